The molecular weight excluding hydrogens is 348 g/mol. The van der Waals surface area contributed by atoms with Gasteiger partial charge >= 0.3 is 0 Å². The molecule has 5 rings (SSSR count). The van der Waals surface area contributed by atoms with Crippen molar-refractivity contribution in [3.05, 3.63) is 78.5 Å². The summed E-state index contributed by atoms with van der Waals surface area (Å²) in [5.41, 5.74) is 7.65. The second-order valence-corrected chi connectivity index (χ2v) is 8.99. The lowest BCUT2D eigenvalue weighted by Gasteiger charge is -2.40. The Kier molecular flexibility index (Phi) is 3.84. The molecule has 3 aromatic carbocycles. The van der Waals surface area contributed by atoms with Gasteiger partial charge in [-0.25, -0.2) is 0 Å². The highest BCUT2D eigenvalue weighted by Crippen LogP contribution is 2.50. The van der Waals surface area contributed by atoms with Crippen LogP contribution in [0.3, 0.4) is 0 Å². The van der Waals surface area contributed by atoms with Crippen LogP contribution in [0.15, 0.2) is 72.9 Å². The fourth-order valence-corrected chi connectivity index (χ4v) is 4.32. The van der Waals surface area contributed by atoms with Gasteiger partial charge in [0.15, 0.2) is 0 Å². The molecule has 29 heavy (non-hydrogen) atoms. The van der Waals surface area contributed by atoms with Crippen LogP contribution < -0.4 is 0 Å². The molecule has 0 spiro atoms. The molecular formula is C26H21B2N. The van der Waals surface area contributed by atoms with Gasteiger partial charge < -0.3 is 0 Å². The predicted octanol–water partition coefficient (Wildman–Crippen LogP) is 6.09. The fourth-order valence-electron chi connectivity index (χ4n) is 4.32. The van der Waals surface area contributed by atoms with Gasteiger partial charge in [-0.15, -0.1) is 0 Å². The van der Waals surface area contributed by atoms with E-state index in [0.717, 1.165) is 16.8 Å². The Morgan fingerprint density at radius 1 is 0.724 bits per heavy atom. The van der Waals surface area contributed by atoms with E-state index in [1.807, 2.05) is 18.3 Å². The van der Waals surface area contributed by atoms with Gasteiger partial charge in [0.25, 0.3) is 0 Å². The minimum atomic E-state index is -0.953. The second kappa shape index (κ2) is 6.10. The van der Waals surface area contributed by atoms with Crippen LogP contribution in [-0.4, -0.2) is 20.7 Å². The average Bonchev–Trinajstić information content (AvgIpc) is 3.04. The normalized spacial score (nSPS) is 12.9. The molecule has 1 nitrogen and oxygen atoms in total. The Morgan fingerprint density at radius 2 is 1.34 bits per heavy atom. The van der Waals surface area contributed by atoms with Crippen molar-refractivity contribution in [2.45, 2.75) is 26.0 Å². The molecule has 0 unspecified atom stereocenters. The van der Waals surface area contributed by atoms with E-state index in [2.05, 4.69) is 75.4 Å². The summed E-state index contributed by atoms with van der Waals surface area (Å²) in [4.78, 5) is 4.70. The third kappa shape index (κ3) is 2.60. The van der Waals surface area contributed by atoms with Crippen molar-refractivity contribution in [2.75, 3.05) is 0 Å². The lowest BCUT2D eigenvalue weighted by Crippen LogP contribution is -2.41. The summed E-state index contributed by atoms with van der Waals surface area (Å²) >= 11 is 0. The summed E-state index contributed by atoms with van der Waals surface area (Å²) in [6.45, 7) is 6.18. The van der Waals surface area contributed by atoms with Crippen molar-refractivity contribution in [3.63, 3.8) is 0 Å². The highest BCUT2D eigenvalue weighted by molar-refractivity contribution is 6.40. The number of fused-ring (bicyclic) bond motifs is 3. The minimum absolute atomic E-state index is 0.286. The van der Waals surface area contributed by atoms with E-state index in [4.69, 9.17) is 20.7 Å². The molecule has 1 aliphatic rings. The largest absolute Gasteiger partial charge is 0.256 e. The first-order chi connectivity index (χ1) is 13.8. The van der Waals surface area contributed by atoms with Crippen molar-refractivity contribution in [1.82, 2.24) is 4.98 Å². The van der Waals surface area contributed by atoms with E-state index in [-0.39, 0.29) is 5.41 Å². The first-order valence-corrected chi connectivity index (χ1v) is 9.99. The monoisotopic (exact) mass is 369 g/mol. The highest BCUT2D eigenvalue weighted by atomic mass is 14.7. The SMILES string of the molecule is [B]C([B])(c1ccnc(-c2cccc3c2-c2cccc4cccc-3c24)c1)C(C)(C)C. The zero-order valence-electron chi connectivity index (χ0n) is 17.0. The van der Waals surface area contributed by atoms with Crippen molar-refractivity contribution in [1.29, 1.82) is 0 Å². The summed E-state index contributed by atoms with van der Waals surface area (Å²) in [7, 11) is 13.1. The molecule has 4 radical (unpaired) electrons. The van der Waals surface area contributed by atoms with Crippen LogP contribution in [0, 0.1) is 5.41 Å². The third-order valence-corrected chi connectivity index (χ3v) is 6.28. The molecule has 0 aliphatic heterocycles. The van der Waals surface area contributed by atoms with Gasteiger partial charge in [0.1, 0.15) is 0 Å². The molecule has 0 saturated carbocycles. The Hall–Kier alpha value is -2.80. The van der Waals surface area contributed by atoms with E-state index in [1.54, 1.807) is 0 Å². The maximum atomic E-state index is 6.56. The standard InChI is InChI=1S/C26H21B2N/c1-25(2,3)26(27,28)17-13-14-29-22(15-17)20-11-6-10-19-18-9-4-7-16-8-5-12-21(23(16)18)24(19)20/h4-15H,1-3H3. The van der Waals surface area contributed by atoms with E-state index >= 15 is 0 Å². The summed E-state index contributed by atoms with van der Waals surface area (Å²) in [5, 5.41) is 1.63. The number of nitrogens with zero attached hydrogens (tertiary/aromatic N) is 1. The van der Waals surface area contributed by atoms with Crippen molar-refractivity contribution in [2.24, 2.45) is 5.41 Å². The molecule has 0 atom stereocenters. The first-order valence-electron chi connectivity index (χ1n) is 9.99. The first kappa shape index (κ1) is 18.2. The molecule has 0 N–H and O–H groups in total. The van der Waals surface area contributed by atoms with Crippen LogP contribution in [0.25, 0.3) is 44.3 Å². The van der Waals surface area contributed by atoms with Gasteiger partial charge in [0.2, 0.25) is 0 Å². The highest BCUT2D eigenvalue weighted by Gasteiger charge is 2.33. The number of benzene rings is 3. The summed E-state index contributed by atoms with van der Waals surface area (Å²) in [5.74, 6) is 0. The van der Waals surface area contributed by atoms with Crippen LogP contribution in [0.1, 0.15) is 26.3 Å². The van der Waals surface area contributed by atoms with Crippen LogP contribution in [0.2, 0.25) is 0 Å². The van der Waals surface area contributed by atoms with Gasteiger partial charge in [-0.1, -0.05) is 86.1 Å². The molecule has 0 amide bonds. The molecule has 4 aromatic rings. The Balaban J connectivity index is 1.75. The zero-order chi connectivity index (χ0) is 20.4. The number of hydrogen-bond donors (Lipinski definition) is 0. The molecule has 1 aliphatic carbocycles. The molecule has 1 heterocycles. The summed E-state index contributed by atoms with van der Waals surface area (Å²) < 4.78 is 0. The van der Waals surface area contributed by atoms with Crippen molar-refractivity contribution >= 4 is 26.5 Å². The zero-order valence-corrected chi connectivity index (χ0v) is 17.0. The van der Waals surface area contributed by atoms with E-state index < -0.39 is 5.21 Å². The molecule has 1 aromatic heterocycles. The maximum absolute atomic E-state index is 6.56. The van der Waals surface area contributed by atoms with E-state index in [9.17, 15) is 0 Å². The topological polar surface area (TPSA) is 12.9 Å². The minimum Gasteiger partial charge on any atom is -0.256 e. The summed E-state index contributed by atoms with van der Waals surface area (Å²) in [6.07, 6.45) is 1.81. The Morgan fingerprint density at radius 3 is 2.07 bits per heavy atom. The maximum Gasteiger partial charge on any atom is 0.0710 e. The van der Waals surface area contributed by atoms with Gasteiger partial charge in [-0.05, 0) is 50.6 Å². The van der Waals surface area contributed by atoms with Crippen LogP contribution >= 0.6 is 0 Å². The number of aromatic nitrogens is 1. The van der Waals surface area contributed by atoms with Gasteiger partial charge in [0, 0.05) is 11.8 Å². The smallest absolute Gasteiger partial charge is 0.0710 e. The van der Waals surface area contributed by atoms with Crippen molar-refractivity contribution in [3.8, 4) is 33.5 Å². The van der Waals surface area contributed by atoms with E-state index in [0.29, 0.717) is 0 Å². The van der Waals surface area contributed by atoms with E-state index in [1.165, 1.54) is 33.0 Å². The molecule has 0 bridgehead atoms. The van der Waals surface area contributed by atoms with Gasteiger partial charge in [-0.2, -0.15) is 0 Å². The predicted molar refractivity (Wildman–Crippen MR) is 124 cm³/mol. The fraction of sp³-hybridized carbons (Fsp3) is 0.192. The quantitative estimate of drug-likeness (QED) is 0.344. The van der Waals surface area contributed by atoms with Crippen LogP contribution in [0.5, 0.6) is 0 Å². The van der Waals surface area contributed by atoms with Crippen LogP contribution in [-0.2, 0) is 5.21 Å². The average molecular weight is 369 g/mol. The summed E-state index contributed by atoms with van der Waals surface area (Å²) in [6, 6.07) is 23.4. The van der Waals surface area contributed by atoms with Crippen LogP contribution in [0.4, 0.5) is 0 Å². The van der Waals surface area contributed by atoms with Crippen molar-refractivity contribution < 1.29 is 0 Å². The lowest BCUT2D eigenvalue weighted by atomic mass is 9.41. The van der Waals surface area contributed by atoms with Gasteiger partial charge in [-0.3, -0.25) is 4.98 Å². The molecule has 0 saturated heterocycles. The second-order valence-electron chi connectivity index (χ2n) is 8.99. The van der Waals surface area contributed by atoms with Gasteiger partial charge in [0.05, 0.1) is 21.4 Å². The molecule has 3 heteroatoms. The number of pyridine rings is 1. The lowest BCUT2D eigenvalue weighted by molar-refractivity contribution is 0.358. The molecule has 0 fully saturated rings. The third-order valence-electron chi connectivity index (χ3n) is 6.28. The Labute approximate surface area is 175 Å². The molecule has 136 valence electrons. The Bertz CT molecular complexity index is 1260. The number of rotatable bonds is 2. The number of hydrogen-bond acceptors (Lipinski definition) is 1.